The smallest absolute Gasteiger partial charge is 0.345 e. The summed E-state index contributed by atoms with van der Waals surface area (Å²) in [4.78, 5) is 23.4. The highest BCUT2D eigenvalue weighted by Crippen LogP contribution is 2.26. The minimum Gasteiger partial charge on any atom is -0.389 e. The van der Waals surface area contributed by atoms with E-state index in [1.807, 2.05) is 13.0 Å². The first-order valence-corrected chi connectivity index (χ1v) is 6.58. The van der Waals surface area contributed by atoms with Crippen molar-refractivity contribution in [1.29, 1.82) is 0 Å². The van der Waals surface area contributed by atoms with Gasteiger partial charge in [-0.25, -0.2) is 4.79 Å². The van der Waals surface area contributed by atoms with Crippen LogP contribution in [0.5, 0.6) is 0 Å². The molecule has 0 aliphatic rings. The lowest BCUT2D eigenvalue weighted by Crippen LogP contribution is -2.18. The summed E-state index contributed by atoms with van der Waals surface area (Å²) in [7, 11) is 0. The predicted molar refractivity (Wildman–Crippen MR) is 74.7 cm³/mol. The van der Waals surface area contributed by atoms with Crippen LogP contribution in [0, 0.1) is 11.3 Å². The minimum atomic E-state index is -0.575. The SMILES string of the molecule is CC(CC(=O)OC(=O)c1ccccc1)CC(C)(C)C. The number of rotatable bonds is 4. The fourth-order valence-electron chi connectivity index (χ4n) is 2.18. The normalized spacial score (nSPS) is 12.8. The van der Waals surface area contributed by atoms with Crippen LogP contribution in [-0.2, 0) is 9.53 Å². The molecule has 0 bridgehead atoms. The van der Waals surface area contributed by atoms with Gasteiger partial charge in [0.2, 0.25) is 0 Å². The van der Waals surface area contributed by atoms with Gasteiger partial charge in [-0.2, -0.15) is 0 Å². The molecule has 1 rings (SSSR count). The van der Waals surface area contributed by atoms with E-state index in [0.717, 1.165) is 6.42 Å². The maximum atomic E-state index is 11.7. The molecule has 0 radical (unpaired) electrons. The van der Waals surface area contributed by atoms with E-state index in [9.17, 15) is 9.59 Å². The van der Waals surface area contributed by atoms with Crippen molar-refractivity contribution in [3.05, 3.63) is 35.9 Å². The van der Waals surface area contributed by atoms with E-state index in [1.165, 1.54) is 0 Å². The first kappa shape index (κ1) is 15.4. The van der Waals surface area contributed by atoms with Gasteiger partial charge in [0.1, 0.15) is 0 Å². The van der Waals surface area contributed by atoms with Crippen molar-refractivity contribution in [2.75, 3.05) is 0 Å². The van der Waals surface area contributed by atoms with E-state index in [2.05, 4.69) is 20.8 Å². The first-order chi connectivity index (χ1) is 8.78. The summed E-state index contributed by atoms with van der Waals surface area (Å²) in [5.74, 6) is -0.824. The summed E-state index contributed by atoms with van der Waals surface area (Å²) in [6, 6.07) is 8.55. The number of esters is 2. The molecule has 0 amide bonds. The van der Waals surface area contributed by atoms with Crippen molar-refractivity contribution >= 4 is 11.9 Å². The van der Waals surface area contributed by atoms with Gasteiger partial charge in [0.05, 0.1) is 5.56 Å². The second kappa shape index (κ2) is 6.50. The first-order valence-electron chi connectivity index (χ1n) is 6.58. The zero-order chi connectivity index (χ0) is 14.5. The predicted octanol–water partition coefficient (Wildman–Crippen LogP) is 3.83. The highest BCUT2D eigenvalue weighted by atomic mass is 16.6. The topological polar surface area (TPSA) is 43.4 Å². The van der Waals surface area contributed by atoms with Gasteiger partial charge in [-0.1, -0.05) is 45.9 Å². The molecule has 0 aliphatic heterocycles. The third-order valence-corrected chi connectivity index (χ3v) is 2.69. The zero-order valence-electron chi connectivity index (χ0n) is 12.1. The second-order valence-corrected chi connectivity index (χ2v) is 6.20. The van der Waals surface area contributed by atoms with Gasteiger partial charge in [0, 0.05) is 6.42 Å². The summed E-state index contributed by atoms with van der Waals surface area (Å²) in [5.41, 5.74) is 0.572. The Hall–Kier alpha value is -1.64. The van der Waals surface area contributed by atoms with Gasteiger partial charge in [-0.15, -0.1) is 0 Å². The molecule has 0 fully saturated rings. The maximum Gasteiger partial charge on any atom is 0.345 e. The van der Waals surface area contributed by atoms with E-state index < -0.39 is 11.9 Å². The van der Waals surface area contributed by atoms with Crippen molar-refractivity contribution < 1.29 is 14.3 Å². The number of hydrogen-bond donors (Lipinski definition) is 0. The van der Waals surface area contributed by atoms with E-state index in [-0.39, 0.29) is 17.8 Å². The molecule has 0 saturated heterocycles. The van der Waals surface area contributed by atoms with E-state index >= 15 is 0 Å². The minimum absolute atomic E-state index is 0.170. The van der Waals surface area contributed by atoms with Gasteiger partial charge < -0.3 is 4.74 Å². The van der Waals surface area contributed by atoms with Gasteiger partial charge >= 0.3 is 11.9 Å². The molecule has 104 valence electrons. The summed E-state index contributed by atoms with van der Waals surface area (Å²) in [5, 5.41) is 0. The molecule has 1 atom stereocenters. The van der Waals surface area contributed by atoms with Crippen LogP contribution < -0.4 is 0 Å². The molecule has 0 aromatic heterocycles. The van der Waals surface area contributed by atoms with Gasteiger partial charge in [-0.3, -0.25) is 4.79 Å². The van der Waals surface area contributed by atoms with Gasteiger partial charge in [-0.05, 0) is 29.9 Å². The molecular weight excluding hydrogens is 240 g/mol. The summed E-state index contributed by atoms with van der Waals surface area (Å²) < 4.78 is 4.84. The molecule has 0 N–H and O–H groups in total. The summed E-state index contributed by atoms with van der Waals surface area (Å²) in [6.07, 6.45) is 1.19. The van der Waals surface area contributed by atoms with Crippen LogP contribution in [0.1, 0.15) is 50.9 Å². The number of ether oxygens (including phenoxy) is 1. The molecule has 0 spiro atoms. The van der Waals surface area contributed by atoms with Crippen LogP contribution in [0.25, 0.3) is 0 Å². The molecule has 0 aliphatic carbocycles. The molecule has 1 aromatic carbocycles. The van der Waals surface area contributed by atoms with Crippen LogP contribution in [-0.4, -0.2) is 11.9 Å². The molecule has 1 unspecified atom stereocenters. The van der Waals surface area contributed by atoms with E-state index in [1.54, 1.807) is 24.3 Å². The van der Waals surface area contributed by atoms with Crippen molar-refractivity contribution in [1.82, 2.24) is 0 Å². The Kier molecular flexibility index (Phi) is 5.28. The van der Waals surface area contributed by atoms with Crippen LogP contribution in [0.15, 0.2) is 30.3 Å². The lowest BCUT2D eigenvalue weighted by atomic mass is 9.84. The molecular formula is C16H22O3. The average Bonchev–Trinajstić information content (AvgIpc) is 2.27. The van der Waals surface area contributed by atoms with E-state index in [0.29, 0.717) is 5.56 Å². The van der Waals surface area contributed by atoms with Crippen LogP contribution in [0.3, 0.4) is 0 Å². The Morgan fingerprint density at radius 3 is 2.26 bits per heavy atom. The third-order valence-electron chi connectivity index (χ3n) is 2.69. The van der Waals surface area contributed by atoms with Gasteiger partial charge in [0.15, 0.2) is 0 Å². The van der Waals surface area contributed by atoms with Crippen molar-refractivity contribution in [2.45, 2.75) is 40.5 Å². The van der Waals surface area contributed by atoms with Crippen LogP contribution in [0.2, 0.25) is 0 Å². The molecule has 3 heteroatoms. The highest BCUT2D eigenvalue weighted by Gasteiger charge is 2.20. The van der Waals surface area contributed by atoms with Crippen molar-refractivity contribution in [2.24, 2.45) is 11.3 Å². The van der Waals surface area contributed by atoms with Crippen molar-refractivity contribution in [3.8, 4) is 0 Å². The second-order valence-electron chi connectivity index (χ2n) is 6.20. The quantitative estimate of drug-likeness (QED) is 0.611. The van der Waals surface area contributed by atoms with E-state index in [4.69, 9.17) is 4.74 Å². The molecule has 3 nitrogen and oxygen atoms in total. The molecule has 1 aromatic rings. The van der Waals surface area contributed by atoms with Crippen LogP contribution >= 0.6 is 0 Å². The average molecular weight is 262 g/mol. The number of benzene rings is 1. The standard InChI is InChI=1S/C16H22O3/c1-12(11-16(2,3)4)10-14(17)19-15(18)13-8-6-5-7-9-13/h5-9,12H,10-11H2,1-4H3. The van der Waals surface area contributed by atoms with Crippen LogP contribution in [0.4, 0.5) is 0 Å². The zero-order valence-corrected chi connectivity index (χ0v) is 12.1. The molecule has 0 heterocycles. The summed E-state index contributed by atoms with van der Waals surface area (Å²) in [6.45, 7) is 8.39. The largest absolute Gasteiger partial charge is 0.389 e. The fourth-order valence-corrected chi connectivity index (χ4v) is 2.18. The number of carbonyl (C=O) groups is 2. The third kappa shape index (κ3) is 6.18. The lowest BCUT2D eigenvalue weighted by molar-refractivity contribution is -0.139. The Balaban J connectivity index is 2.46. The Morgan fingerprint density at radius 1 is 1.16 bits per heavy atom. The Morgan fingerprint density at radius 2 is 1.74 bits per heavy atom. The summed E-state index contributed by atoms with van der Waals surface area (Å²) >= 11 is 0. The number of carbonyl (C=O) groups excluding carboxylic acids is 2. The molecule has 0 saturated carbocycles. The lowest BCUT2D eigenvalue weighted by Gasteiger charge is -2.22. The number of hydrogen-bond acceptors (Lipinski definition) is 3. The molecule has 19 heavy (non-hydrogen) atoms. The van der Waals surface area contributed by atoms with Gasteiger partial charge in [0.25, 0.3) is 0 Å². The Bertz CT molecular complexity index is 429. The maximum absolute atomic E-state index is 11.7. The van der Waals surface area contributed by atoms with Crippen molar-refractivity contribution in [3.63, 3.8) is 0 Å². The fraction of sp³-hybridized carbons (Fsp3) is 0.500. The monoisotopic (exact) mass is 262 g/mol. The Labute approximate surface area is 115 Å². The highest BCUT2D eigenvalue weighted by molar-refractivity contribution is 5.96.